The second-order valence-corrected chi connectivity index (χ2v) is 7.74. The number of carbonyl (C=O) groups excluding carboxylic acids is 1. The fraction of sp³-hybridized carbons (Fsp3) is 0.375. The average molecular weight is 421 g/mol. The SMILES string of the molecule is COc1ccc(CNC(=O)c2ccc3c(=O)n4c(nc3c2)CCCCCC4)c(OC)c1. The molecule has 31 heavy (non-hydrogen) atoms. The number of aromatic nitrogens is 2. The van der Waals surface area contributed by atoms with Gasteiger partial charge in [0.1, 0.15) is 17.3 Å². The van der Waals surface area contributed by atoms with Crippen LogP contribution in [0, 0.1) is 0 Å². The zero-order chi connectivity index (χ0) is 21.8. The van der Waals surface area contributed by atoms with E-state index in [1.165, 1.54) is 0 Å². The lowest BCUT2D eigenvalue weighted by atomic mass is 10.1. The molecular formula is C24H27N3O4. The predicted molar refractivity (Wildman–Crippen MR) is 119 cm³/mol. The van der Waals surface area contributed by atoms with Crippen LogP contribution in [-0.2, 0) is 19.5 Å². The first-order valence-corrected chi connectivity index (χ1v) is 10.6. The van der Waals surface area contributed by atoms with Gasteiger partial charge in [-0.25, -0.2) is 4.98 Å². The summed E-state index contributed by atoms with van der Waals surface area (Å²) < 4.78 is 12.4. The molecule has 0 radical (unpaired) electrons. The lowest BCUT2D eigenvalue weighted by Crippen LogP contribution is -2.27. The van der Waals surface area contributed by atoms with Gasteiger partial charge < -0.3 is 14.8 Å². The van der Waals surface area contributed by atoms with Crippen LogP contribution < -0.4 is 20.3 Å². The van der Waals surface area contributed by atoms with Crippen molar-refractivity contribution in [3.63, 3.8) is 0 Å². The van der Waals surface area contributed by atoms with Crippen LogP contribution in [0.5, 0.6) is 11.5 Å². The van der Waals surface area contributed by atoms with Crippen molar-refractivity contribution in [3.8, 4) is 11.5 Å². The van der Waals surface area contributed by atoms with Crippen LogP contribution in [0.1, 0.15) is 47.4 Å². The smallest absolute Gasteiger partial charge is 0.261 e. The second kappa shape index (κ2) is 9.20. The molecule has 1 aromatic heterocycles. The largest absolute Gasteiger partial charge is 0.497 e. The number of hydrogen-bond acceptors (Lipinski definition) is 5. The fourth-order valence-electron chi connectivity index (χ4n) is 4.01. The molecule has 0 bridgehead atoms. The van der Waals surface area contributed by atoms with Crippen LogP contribution in [-0.4, -0.2) is 29.7 Å². The van der Waals surface area contributed by atoms with Crippen molar-refractivity contribution >= 4 is 16.8 Å². The summed E-state index contributed by atoms with van der Waals surface area (Å²) in [6.45, 7) is 1.02. The summed E-state index contributed by atoms with van der Waals surface area (Å²) in [6.07, 6.45) is 5.11. The Hall–Kier alpha value is -3.35. The highest BCUT2D eigenvalue weighted by atomic mass is 16.5. The first kappa shape index (κ1) is 20.9. The van der Waals surface area contributed by atoms with E-state index in [4.69, 9.17) is 14.5 Å². The molecule has 0 fully saturated rings. The summed E-state index contributed by atoms with van der Waals surface area (Å²) in [5.74, 6) is 1.92. The summed E-state index contributed by atoms with van der Waals surface area (Å²) in [5, 5.41) is 3.47. The van der Waals surface area contributed by atoms with Gasteiger partial charge in [0.2, 0.25) is 0 Å². The zero-order valence-electron chi connectivity index (χ0n) is 17.9. The molecule has 0 atom stereocenters. The molecule has 1 aliphatic heterocycles. The van der Waals surface area contributed by atoms with E-state index in [0.29, 0.717) is 41.1 Å². The Morgan fingerprint density at radius 2 is 1.90 bits per heavy atom. The van der Waals surface area contributed by atoms with Crippen LogP contribution in [0.4, 0.5) is 0 Å². The Labute approximate surface area is 181 Å². The third kappa shape index (κ3) is 4.40. The number of ether oxygens (including phenoxy) is 2. The van der Waals surface area contributed by atoms with Crippen molar-refractivity contribution in [2.45, 2.75) is 45.2 Å². The van der Waals surface area contributed by atoms with Gasteiger partial charge in [0.05, 0.1) is 25.1 Å². The third-order valence-corrected chi connectivity index (χ3v) is 5.76. The van der Waals surface area contributed by atoms with Gasteiger partial charge in [-0.3, -0.25) is 14.2 Å². The van der Waals surface area contributed by atoms with Gasteiger partial charge in [0.15, 0.2) is 0 Å². The van der Waals surface area contributed by atoms with E-state index in [-0.39, 0.29) is 11.5 Å². The van der Waals surface area contributed by atoms with Crippen LogP contribution >= 0.6 is 0 Å². The maximum Gasteiger partial charge on any atom is 0.261 e. The quantitative estimate of drug-likeness (QED) is 0.682. The highest BCUT2D eigenvalue weighted by Crippen LogP contribution is 2.24. The molecule has 1 N–H and O–H groups in total. The van der Waals surface area contributed by atoms with E-state index < -0.39 is 0 Å². The van der Waals surface area contributed by atoms with E-state index in [1.807, 2.05) is 12.1 Å². The number of fused-ring (bicyclic) bond motifs is 2. The van der Waals surface area contributed by atoms with Crippen LogP contribution in [0.2, 0.25) is 0 Å². The summed E-state index contributed by atoms with van der Waals surface area (Å²) in [5.41, 5.74) is 1.88. The van der Waals surface area contributed by atoms with Gasteiger partial charge in [-0.2, -0.15) is 0 Å². The second-order valence-electron chi connectivity index (χ2n) is 7.74. The molecule has 4 rings (SSSR count). The van der Waals surface area contributed by atoms with Gasteiger partial charge >= 0.3 is 0 Å². The van der Waals surface area contributed by atoms with Crippen molar-refractivity contribution < 1.29 is 14.3 Å². The molecule has 0 spiro atoms. The summed E-state index contributed by atoms with van der Waals surface area (Å²) in [6, 6.07) is 10.6. The Kier molecular flexibility index (Phi) is 6.21. The molecule has 1 aliphatic rings. The lowest BCUT2D eigenvalue weighted by Gasteiger charge is -2.16. The minimum Gasteiger partial charge on any atom is -0.497 e. The summed E-state index contributed by atoms with van der Waals surface area (Å²) >= 11 is 0. The Morgan fingerprint density at radius 3 is 2.71 bits per heavy atom. The monoisotopic (exact) mass is 421 g/mol. The van der Waals surface area contributed by atoms with Crippen LogP contribution in [0.25, 0.3) is 10.9 Å². The number of hydrogen-bond donors (Lipinski definition) is 1. The third-order valence-electron chi connectivity index (χ3n) is 5.76. The zero-order valence-corrected chi connectivity index (χ0v) is 17.9. The van der Waals surface area contributed by atoms with Gasteiger partial charge in [-0.1, -0.05) is 12.8 Å². The predicted octanol–water partition coefficient (Wildman–Crippen LogP) is 3.46. The Balaban J connectivity index is 1.57. The summed E-state index contributed by atoms with van der Waals surface area (Å²) in [4.78, 5) is 30.5. The van der Waals surface area contributed by atoms with Crippen molar-refractivity contribution in [3.05, 3.63) is 63.7 Å². The Bertz CT molecular complexity index is 1170. The first-order chi connectivity index (χ1) is 15.1. The van der Waals surface area contributed by atoms with Crippen molar-refractivity contribution in [1.82, 2.24) is 14.9 Å². The molecule has 1 amide bonds. The van der Waals surface area contributed by atoms with Crippen molar-refractivity contribution in [2.24, 2.45) is 0 Å². The number of nitrogens with one attached hydrogen (secondary N) is 1. The maximum absolute atomic E-state index is 13.0. The molecule has 0 saturated carbocycles. The van der Waals surface area contributed by atoms with E-state index in [0.717, 1.165) is 43.5 Å². The topological polar surface area (TPSA) is 82.5 Å². The molecule has 2 aromatic carbocycles. The average Bonchev–Trinajstić information content (AvgIpc) is 2.78. The number of carbonyl (C=O) groups is 1. The highest BCUT2D eigenvalue weighted by Gasteiger charge is 2.15. The first-order valence-electron chi connectivity index (χ1n) is 10.6. The molecule has 162 valence electrons. The van der Waals surface area contributed by atoms with Gasteiger partial charge in [0.25, 0.3) is 11.5 Å². The fourth-order valence-corrected chi connectivity index (χ4v) is 4.01. The molecule has 7 nitrogen and oxygen atoms in total. The summed E-state index contributed by atoms with van der Waals surface area (Å²) in [7, 11) is 3.18. The van der Waals surface area contributed by atoms with E-state index >= 15 is 0 Å². The number of aryl methyl sites for hydroxylation is 1. The number of amides is 1. The molecule has 2 heterocycles. The van der Waals surface area contributed by atoms with Gasteiger partial charge in [-0.05, 0) is 43.2 Å². The minimum absolute atomic E-state index is 0.0168. The Morgan fingerprint density at radius 1 is 1.06 bits per heavy atom. The van der Waals surface area contributed by atoms with E-state index in [9.17, 15) is 9.59 Å². The standard InChI is InChI=1S/C24H27N3O4/c1-30-18-10-8-17(21(14-18)31-2)15-25-23(28)16-9-11-19-20(13-16)26-22-7-5-3-4-6-12-27(22)24(19)29/h8-11,13-14H,3-7,12,15H2,1-2H3,(H,25,28). The molecule has 0 unspecified atom stereocenters. The highest BCUT2D eigenvalue weighted by molar-refractivity contribution is 5.97. The maximum atomic E-state index is 13.0. The molecule has 3 aromatic rings. The number of rotatable bonds is 5. The van der Waals surface area contributed by atoms with Crippen LogP contribution in [0.3, 0.4) is 0 Å². The van der Waals surface area contributed by atoms with Crippen molar-refractivity contribution in [2.75, 3.05) is 14.2 Å². The molecular weight excluding hydrogens is 394 g/mol. The number of benzene rings is 2. The normalized spacial score (nSPS) is 13.7. The van der Waals surface area contributed by atoms with Gasteiger partial charge in [-0.15, -0.1) is 0 Å². The molecule has 7 heteroatoms. The number of nitrogens with zero attached hydrogens (tertiary/aromatic N) is 2. The molecule has 0 aliphatic carbocycles. The van der Waals surface area contributed by atoms with Crippen molar-refractivity contribution in [1.29, 1.82) is 0 Å². The lowest BCUT2D eigenvalue weighted by molar-refractivity contribution is 0.0951. The number of methoxy groups -OCH3 is 2. The molecule has 0 saturated heterocycles. The minimum atomic E-state index is -0.228. The van der Waals surface area contributed by atoms with E-state index in [1.54, 1.807) is 43.1 Å². The van der Waals surface area contributed by atoms with Gasteiger partial charge in [0, 0.05) is 36.7 Å². The van der Waals surface area contributed by atoms with E-state index in [2.05, 4.69) is 5.32 Å². The van der Waals surface area contributed by atoms with Crippen LogP contribution in [0.15, 0.2) is 41.2 Å².